The fraction of sp³-hybridized carbons (Fsp3) is 0.308. The molecule has 0 unspecified atom stereocenters. The van der Waals surface area contributed by atoms with E-state index in [0.29, 0.717) is 0 Å². The first-order chi connectivity index (χ1) is 14.9. The van der Waals surface area contributed by atoms with Gasteiger partial charge < -0.3 is 0 Å². The highest BCUT2D eigenvalue weighted by molar-refractivity contribution is 8.76. The first-order valence-corrected chi connectivity index (χ1v) is 13.2. The Labute approximate surface area is 185 Å². The van der Waals surface area contributed by atoms with Crippen molar-refractivity contribution in [3.8, 4) is 0 Å². The van der Waals surface area contributed by atoms with Gasteiger partial charge in [0.1, 0.15) is 0 Å². The van der Waals surface area contributed by atoms with Gasteiger partial charge in [-0.3, -0.25) is 9.97 Å². The number of nitrogens with zero attached hydrogens (tertiary/aromatic N) is 2. The van der Waals surface area contributed by atoms with Crippen molar-refractivity contribution in [3.05, 3.63) is 71.0 Å². The SMILES string of the molecule is c1cc(SSc2ccnc3c4c(ccc23)CCCC4)c2ccc3c(c2n1)CCCC3. The van der Waals surface area contributed by atoms with E-state index in [1.165, 1.54) is 105 Å². The molecule has 30 heavy (non-hydrogen) atoms. The van der Waals surface area contributed by atoms with Crippen LogP contribution in [0.1, 0.15) is 47.9 Å². The molecule has 0 N–H and O–H groups in total. The number of hydrogen-bond acceptors (Lipinski definition) is 4. The van der Waals surface area contributed by atoms with Gasteiger partial charge in [0.05, 0.1) is 11.0 Å². The molecule has 2 aliphatic carbocycles. The van der Waals surface area contributed by atoms with Crippen LogP contribution >= 0.6 is 21.6 Å². The van der Waals surface area contributed by atoms with Crippen LogP contribution in [-0.4, -0.2) is 9.97 Å². The second-order valence-electron chi connectivity index (χ2n) is 8.40. The summed E-state index contributed by atoms with van der Waals surface area (Å²) in [5, 5.41) is 2.60. The highest BCUT2D eigenvalue weighted by Gasteiger charge is 2.17. The van der Waals surface area contributed by atoms with Gasteiger partial charge in [-0.2, -0.15) is 0 Å². The van der Waals surface area contributed by atoms with Crippen LogP contribution in [0.3, 0.4) is 0 Å². The summed E-state index contributed by atoms with van der Waals surface area (Å²) in [6, 6.07) is 13.6. The van der Waals surface area contributed by atoms with Gasteiger partial charge in [-0.1, -0.05) is 45.9 Å². The summed E-state index contributed by atoms with van der Waals surface area (Å²) in [6.45, 7) is 0. The van der Waals surface area contributed by atoms with Crippen LogP contribution in [0.5, 0.6) is 0 Å². The fourth-order valence-electron chi connectivity index (χ4n) is 5.08. The number of pyridine rings is 2. The van der Waals surface area contributed by atoms with Crippen LogP contribution in [0.25, 0.3) is 21.8 Å². The van der Waals surface area contributed by atoms with Gasteiger partial charge in [0, 0.05) is 33.0 Å². The molecule has 2 nitrogen and oxygen atoms in total. The van der Waals surface area contributed by atoms with E-state index in [1.807, 2.05) is 34.0 Å². The Balaban J connectivity index is 1.36. The largest absolute Gasteiger partial charge is 0.256 e. The maximum absolute atomic E-state index is 4.78. The van der Waals surface area contributed by atoms with Crippen LogP contribution in [0.2, 0.25) is 0 Å². The molecule has 6 rings (SSSR count). The average molecular weight is 429 g/mol. The molecule has 2 aromatic carbocycles. The first-order valence-electron chi connectivity index (χ1n) is 11.0. The Morgan fingerprint density at radius 2 is 1.00 bits per heavy atom. The molecule has 4 aromatic rings. The molecule has 2 aromatic heterocycles. The Hall–Kier alpha value is -2.04. The molecule has 4 heteroatoms. The van der Waals surface area contributed by atoms with Crippen molar-refractivity contribution in [2.75, 3.05) is 0 Å². The normalized spacial score (nSPS) is 15.9. The molecule has 2 heterocycles. The number of aromatic nitrogens is 2. The van der Waals surface area contributed by atoms with Gasteiger partial charge in [0.15, 0.2) is 0 Å². The standard InChI is InChI=1S/C26H24N2S2/c1-3-7-19-17(5-1)9-11-21-23(13-15-27-25(19)21)29-30-24-14-16-28-26-20-8-4-2-6-18(20)10-12-22(24)26/h9-16H,1-8H2. The van der Waals surface area contributed by atoms with Crippen LogP contribution in [0, 0.1) is 0 Å². The van der Waals surface area contributed by atoms with E-state index in [0.717, 1.165) is 0 Å². The number of rotatable bonds is 3. The zero-order valence-corrected chi connectivity index (χ0v) is 18.6. The first kappa shape index (κ1) is 18.7. The average Bonchev–Trinajstić information content (AvgIpc) is 2.82. The molecule has 0 radical (unpaired) electrons. The molecule has 0 saturated heterocycles. The molecule has 0 bridgehead atoms. The van der Waals surface area contributed by atoms with E-state index in [1.54, 1.807) is 0 Å². The van der Waals surface area contributed by atoms with E-state index >= 15 is 0 Å². The third kappa shape index (κ3) is 3.21. The third-order valence-corrected chi connectivity index (χ3v) is 9.10. The summed E-state index contributed by atoms with van der Waals surface area (Å²) in [6.07, 6.45) is 13.9. The predicted octanol–water partition coefficient (Wildman–Crippen LogP) is 7.34. The lowest BCUT2D eigenvalue weighted by molar-refractivity contribution is 0.689. The smallest absolute Gasteiger partial charge is 0.0748 e. The third-order valence-electron chi connectivity index (χ3n) is 6.62. The lowest BCUT2D eigenvalue weighted by Gasteiger charge is -2.19. The molecule has 0 amide bonds. The maximum Gasteiger partial charge on any atom is 0.0748 e. The summed E-state index contributed by atoms with van der Waals surface area (Å²) in [4.78, 5) is 12.2. The van der Waals surface area contributed by atoms with E-state index in [9.17, 15) is 0 Å². The van der Waals surface area contributed by atoms with Gasteiger partial charge in [0.2, 0.25) is 0 Å². The molecule has 0 spiro atoms. The summed E-state index contributed by atoms with van der Waals surface area (Å²) < 4.78 is 0. The fourth-order valence-corrected chi connectivity index (χ4v) is 7.42. The van der Waals surface area contributed by atoms with Crippen LogP contribution in [-0.2, 0) is 25.7 Å². The van der Waals surface area contributed by atoms with Crippen LogP contribution in [0.4, 0.5) is 0 Å². The Kier molecular flexibility index (Phi) is 4.93. The van der Waals surface area contributed by atoms with Crippen molar-refractivity contribution in [3.63, 3.8) is 0 Å². The summed E-state index contributed by atoms with van der Waals surface area (Å²) in [7, 11) is 3.71. The zero-order chi connectivity index (χ0) is 19.9. The van der Waals surface area contributed by atoms with E-state index in [-0.39, 0.29) is 0 Å². The van der Waals surface area contributed by atoms with Gasteiger partial charge in [0.25, 0.3) is 0 Å². The second-order valence-corrected chi connectivity index (χ2v) is 10.6. The molecular formula is C26H24N2S2. The minimum Gasteiger partial charge on any atom is -0.256 e. The summed E-state index contributed by atoms with van der Waals surface area (Å²) >= 11 is 0. The predicted molar refractivity (Wildman–Crippen MR) is 128 cm³/mol. The van der Waals surface area contributed by atoms with E-state index < -0.39 is 0 Å². The molecule has 150 valence electrons. The monoisotopic (exact) mass is 428 g/mol. The molecule has 0 fully saturated rings. The van der Waals surface area contributed by atoms with Gasteiger partial charge >= 0.3 is 0 Å². The van der Waals surface area contributed by atoms with Crippen LogP contribution in [0.15, 0.2) is 58.6 Å². The van der Waals surface area contributed by atoms with Gasteiger partial charge in [-0.25, -0.2) is 0 Å². The van der Waals surface area contributed by atoms with Gasteiger partial charge in [-0.05, 0) is 85.8 Å². The van der Waals surface area contributed by atoms with E-state index in [2.05, 4.69) is 36.4 Å². The molecular weight excluding hydrogens is 404 g/mol. The Bertz CT molecular complexity index is 1170. The minimum absolute atomic E-state index is 1.17. The minimum atomic E-state index is 1.17. The van der Waals surface area contributed by atoms with Crippen molar-refractivity contribution in [1.82, 2.24) is 9.97 Å². The van der Waals surface area contributed by atoms with E-state index in [4.69, 9.17) is 9.97 Å². The number of hydrogen-bond donors (Lipinski definition) is 0. The molecule has 0 atom stereocenters. The van der Waals surface area contributed by atoms with Crippen LogP contribution < -0.4 is 0 Å². The Morgan fingerprint density at radius 3 is 1.50 bits per heavy atom. The Morgan fingerprint density at radius 1 is 0.533 bits per heavy atom. The highest BCUT2D eigenvalue weighted by atomic mass is 33.1. The summed E-state index contributed by atoms with van der Waals surface area (Å²) in [5.41, 5.74) is 8.39. The van der Waals surface area contributed by atoms with Crippen molar-refractivity contribution >= 4 is 43.4 Å². The lowest BCUT2D eigenvalue weighted by atomic mass is 9.90. The quantitative estimate of drug-likeness (QED) is 0.319. The number of aryl methyl sites for hydroxylation is 4. The van der Waals surface area contributed by atoms with Crippen molar-refractivity contribution in [1.29, 1.82) is 0 Å². The van der Waals surface area contributed by atoms with Crippen molar-refractivity contribution in [2.24, 2.45) is 0 Å². The lowest BCUT2D eigenvalue weighted by Crippen LogP contribution is -2.04. The second kappa shape index (κ2) is 7.90. The molecule has 0 saturated carbocycles. The topological polar surface area (TPSA) is 25.8 Å². The summed E-state index contributed by atoms with van der Waals surface area (Å²) in [5.74, 6) is 0. The van der Waals surface area contributed by atoms with Crippen molar-refractivity contribution < 1.29 is 0 Å². The number of fused-ring (bicyclic) bond motifs is 6. The highest BCUT2D eigenvalue weighted by Crippen LogP contribution is 2.44. The van der Waals surface area contributed by atoms with Gasteiger partial charge in [-0.15, -0.1) is 0 Å². The number of benzene rings is 2. The zero-order valence-electron chi connectivity index (χ0n) is 17.0. The maximum atomic E-state index is 4.78. The molecule has 0 aliphatic heterocycles. The van der Waals surface area contributed by atoms with Crippen molar-refractivity contribution in [2.45, 2.75) is 61.2 Å². The molecule has 2 aliphatic rings.